The molecule has 1 N–H and O–H groups in total. The molecule has 0 radical (unpaired) electrons. The van der Waals surface area contributed by atoms with Gasteiger partial charge in [-0.25, -0.2) is 0 Å². The van der Waals surface area contributed by atoms with E-state index in [-0.39, 0.29) is 5.75 Å². The van der Waals surface area contributed by atoms with E-state index in [0.29, 0.717) is 12.1 Å². The highest BCUT2D eigenvalue weighted by molar-refractivity contribution is 5.93. The first-order chi connectivity index (χ1) is 5.88. The van der Waals surface area contributed by atoms with Crippen LogP contribution in [0.3, 0.4) is 0 Å². The second-order valence-electron chi connectivity index (χ2n) is 2.52. The number of phenolic OH excluding ortho intramolecular Hbond substituents is 1. The van der Waals surface area contributed by atoms with Gasteiger partial charge in [0.25, 0.3) is 0 Å². The van der Waals surface area contributed by atoms with E-state index in [1.807, 2.05) is 6.07 Å². The molecule has 0 unspecified atom stereocenters. The van der Waals surface area contributed by atoms with Crippen molar-refractivity contribution in [2.75, 3.05) is 6.54 Å². The van der Waals surface area contributed by atoms with Crippen LogP contribution in [0.25, 0.3) is 0 Å². The minimum absolute atomic E-state index is 0.232. The van der Waals surface area contributed by atoms with Crippen LogP contribution in [0.15, 0.2) is 28.2 Å². The Hall–Kier alpha value is -1.64. The van der Waals surface area contributed by atoms with E-state index in [1.165, 1.54) is 0 Å². The van der Waals surface area contributed by atoms with E-state index in [4.69, 9.17) is 0 Å². The molecule has 0 spiro atoms. The number of hydrogen-bond acceptors (Lipinski definition) is 3. The molecule has 1 aromatic rings. The molecule has 0 aromatic heterocycles. The van der Waals surface area contributed by atoms with Crippen molar-refractivity contribution in [1.82, 2.24) is 0 Å². The first-order valence-electron chi connectivity index (χ1n) is 3.72. The lowest BCUT2D eigenvalue weighted by molar-refractivity contribution is 0.474. The lowest BCUT2D eigenvalue weighted by atomic mass is 10.2. The SMILES string of the molecule is Oc1cccc2c1C=NCC=N2. The van der Waals surface area contributed by atoms with Crippen LogP contribution in [0.5, 0.6) is 5.75 Å². The van der Waals surface area contributed by atoms with Crippen LogP contribution >= 0.6 is 0 Å². The minimum atomic E-state index is 0.232. The monoisotopic (exact) mass is 160 g/mol. The average molecular weight is 160 g/mol. The summed E-state index contributed by atoms with van der Waals surface area (Å²) < 4.78 is 0. The van der Waals surface area contributed by atoms with E-state index < -0.39 is 0 Å². The molecule has 1 aliphatic heterocycles. The molecule has 0 aliphatic carbocycles. The van der Waals surface area contributed by atoms with Crippen LogP contribution in [0.4, 0.5) is 5.69 Å². The van der Waals surface area contributed by atoms with E-state index >= 15 is 0 Å². The molecule has 3 nitrogen and oxygen atoms in total. The summed E-state index contributed by atoms with van der Waals surface area (Å²) in [6.07, 6.45) is 3.37. The maximum absolute atomic E-state index is 9.42. The molecule has 0 amide bonds. The highest BCUT2D eigenvalue weighted by Gasteiger charge is 2.04. The summed E-state index contributed by atoms with van der Waals surface area (Å²) in [5.74, 6) is 0.232. The number of hydrogen-bond donors (Lipinski definition) is 1. The first kappa shape index (κ1) is 7.03. The summed E-state index contributed by atoms with van der Waals surface area (Å²) in [6.45, 7) is 0.578. The minimum Gasteiger partial charge on any atom is -0.507 e. The summed E-state index contributed by atoms with van der Waals surface area (Å²) in [6, 6.07) is 5.25. The Labute approximate surface area is 70.1 Å². The van der Waals surface area contributed by atoms with Gasteiger partial charge >= 0.3 is 0 Å². The van der Waals surface area contributed by atoms with Gasteiger partial charge in [-0.2, -0.15) is 0 Å². The molecule has 0 bridgehead atoms. The Morgan fingerprint density at radius 2 is 2.25 bits per heavy atom. The largest absolute Gasteiger partial charge is 0.507 e. The maximum Gasteiger partial charge on any atom is 0.126 e. The molecule has 1 aliphatic rings. The van der Waals surface area contributed by atoms with Crippen molar-refractivity contribution in [2.24, 2.45) is 9.98 Å². The number of fused-ring (bicyclic) bond motifs is 1. The second kappa shape index (κ2) is 2.77. The fourth-order valence-electron chi connectivity index (χ4n) is 1.12. The molecule has 3 heteroatoms. The third-order valence-electron chi connectivity index (χ3n) is 1.70. The van der Waals surface area contributed by atoms with Gasteiger partial charge in [-0.1, -0.05) is 6.07 Å². The molecule has 0 saturated carbocycles. The van der Waals surface area contributed by atoms with E-state index in [9.17, 15) is 5.11 Å². The lowest BCUT2D eigenvalue weighted by Crippen LogP contribution is -1.81. The highest BCUT2D eigenvalue weighted by Crippen LogP contribution is 2.26. The Morgan fingerprint density at radius 1 is 1.33 bits per heavy atom. The topological polar surface area (TPSA) is 45.0 Å². The summed E-state index contributed by atoms with van der Waals surface area (Å²) in [4.78, 5) is 8.18. The Balaban J connectivity index is 2.65. The molecule has 0 atom stereocenters. The normalized spacial score (nSPS) is 14.0. The van der Waals surface area contributed by atoms with Crippen molar-refractivity contribution in [1.29, 1.82) is 0 Å². The predicted octanol–water partition coefficient (Wildman–Crippen LogP) is 1.53. The number of aromatic hydroxyl groups is 1. The lowest BCUT2D eigenvalue weighted by Gasteiger charge is -1.99. The van der Waals surface area contributed by atoms with Crippen molar-refractivity contribution >= 4 is 18.1 Å². The molecule has 60 valence electrons. The molecule has 12 heavy (non-hydrogen) atoms. The fourth-order valence-corrected chi connectivity index (χ4v) is 1.12. The number of benzene rings is 1. The van der Waals surface area contributed by atoms with Crippen LogP contribution in [-0.2, 0) is 0 Å². The van der Waals surface area contributed by atoms with Gasteiger partial charge in [0.1, 0.15) is 5.75 Å². The van der Waals surface area contributed by atoms with Crippen molar-refractivity contribution < 1.29 is 5.11 Å². The van der Waals surface area contributed by atoms with Crippen molar-refractivity contribution in [2.45, 2.75) is 0 Å². The zero-order valence-electron chi connectivity index (χ0n) is 6.44. The van der Waals surface area contributed by atoms with Gasteiger partial charge in [-0.15, -0.1) is 0 Å². The molecule has 2 rings (SSSR count). The Bertz CT molecular complexity index is 356. The summed E-state index contributed by atoms with van der Waals surface area (Å²) in [5, 5.41) is 9.42. The van der Waals surface area contributed by atoms with Gasteiger partial charge in [-0.3, -0.25) is 9.98 Å². The van der Waals surface area contributed by atoms with Gasteiger partial charge in [0, 0.05) is 12.4 Å². The van der Waals surface area contributed by atoms with Gasteiger partial charge in [-0.05, 0) is 12.1 Å². The first-order valence-corrected chi connectivity index (χ1v) is 3.72. The van der Waals surface area contributed by atoms with Crippen LogP contribution in [0, 0.1) is 0 Å². The van der Waals surface area contributed by atoms with Gasteiger partial charge in [0.15, 0.2) is 0 Å². The van der Waals surface area contributed by atoms with E-state index in [2.05, 4.69) is 9.98 Å². The van der Waals surface area contributed by atoms with Crippen molar-refractivity contribution in [3.05, 3.63) is 23.8 Å². The van der Waals surface area contributed by atoms with Crippen LogP contribution < -0.4 is 0 Å². The Morgan fingerprint density at radius 3 is 3.17 bits per heavy atom. The molecule has 1 heterocycles. The van der Waals surface area contributed by atoms with E-state index in [0.717, 1.165) is 5.69 Å². The summed E-state index contributed by atoms with van der Waals surface area (Å²) in [5.41, 5.74) is 1.47. The van der Waals surface area contributed by atoms with Gasteiger partial charge in [0.05, 0.1) is 17.8 Å². The van der Waals surface area contributed by atoms with Crippen LogP contribution in [0.2, 0.25) is 0 Å². The van der Waals surface area contributed by atoms with Crippen LogP contribution in [-0.4, -0.2) is 24.1 Å². The molecule has 1 aromatic carbocycles. The van der Waals surface area contributed by atoms with Crippen molar-refractivity contribution in [3.8, 4) is 5.75 Å². The standard InChI is InChI=1S/C9H8N2O/c12-9-3-1-2-8-7(9)6-10-4-5-11-8/h1-3,5-6,12H,4H2. The molecule has 0 saturated heterocycles. The van der Waals surface area contributed by atoms with E-state index in [1.54, 1.807) is 24.6 Å². The highest BCUT2D eigenvalue weighted by atomic mass is 16.3. The number of phenols is 1. The number of nitrogens with zero attached hydrogens (tertiary/aromatic N) is 2. The predicted molar refractivity (Wildman–Crippen MR) is 48.7 cm³/mol. The molecular weight excluding hydrogens is 152 g/mol. The Kier molecular flexibility index (Phi) is 1.63. The zero-order valence-corrected chi connectivity index (χ0v) is 6.44. The second-order valence-corrected chi connectivity index (χ2v) is 2.52. The van der Waals surface area contributed by atoms with Crippen molar-refractivity contribution in [3.63, 3.8) is 0 Å². The molecule has 0 fully saturated rings. The number of rotatable bonds is 0. The third kappa shape index (κ3) is 1.09. The van der Waals surface area contributed by atoms with Gasteiger partial charge in [0.2, 0.25) is 0 Å². The number of aliphatic imine (C=N–C) groups is 2. The maximum atomic E-state index is 9.42. The van der Waals surface area contributed by atoms with Gasteiger partial charge < -0.3 is 5.11 Å². The summed E-state index contributed by atoms with van der Waals surface area (Å²) >= 11 is 0. The third-order valence-corrected chi connectivity index (χ3v) is 1.70. The quantitative estimate of drug-likeness (QED) is 0.614. The average Bonchev–Trinajstić information content (AvgIpc) is 2.30. The smallest absolute Gasteiger partial charge is 0.126 e. The summed E-state index contributed by atoms with van der Waals surface area (Å²) in [7, 11) is 0. The molecular formula is C9H8N2O. The van der Waals surface area contributed by atoms with Crippen LogP contribution in [0.1, 0.15) is 5.56 Å². The fraction of sp³-hybridized carbons (Fsp3) is 0.111. The zero-order chi connectivity index (χ0) is 8.39.